The number of aromatic nitrogens is 2. The third kappa shape index (κ3) is 4.06. The maximum absolute atomic E-state index is 11.5. The minimum Gasteiger partial charge on any atom is -0.360 e. The summed E-state index contributed by atoms with van der Waals surface area (Å²) in [5.41, 5.74) is 0.0365. The van der Waals surface area contributed by atoms with Crippen LogP contribution in [0.5, 0.6) is 0 Å². The molecule has 0 unspecified atom stereocenters. The number of hydrogen-bond donors (Lipinski definition) is 0. The van der Waals surface area contributed by atoms with Gasteiger partial charge >= 0.3 is 0 Å². The van der Waals surface area contributed by atoms with E-state index in [1.54, 1.807) is 16.4 Å². The molecular weight excluding hydrogens is 335 g/mol. The summed E-state index contributed by atoms with van der Waals surface area (Å²) in [4.78, 5) is 11.5. The van der Waals surface area contributed by atoms with Crippen LogP contribution in [0.25, 0.3) is 0 Å². The van der Waals surface area contributed by atoms with E-state index in [1.165, 1.54) is 0 Å². The molecule has 6 heteroatoms. The van der Waals surface area contributed by atoms with Crippen LogP contribution in [-0.2, 0) is 18.5 Å². The van der Waals surface area contributed by atoms with E-state index in [0.717, 1.165) is 16.2 Å². The molecule has 1 heterocycles. The van der Waals surface area contributed by atoms with Crippen molar-refractivity contribution in [2.24, 2.45) is 7.05 Å². The molecule has 16 heavy (non-hydrogen) atoms. The molecule has 92 valence electrons. The van der Waals surface area contributed by atoms with E-state index in [1.807, 2.05) is 28.8 Å². The molecule has 0 aliphatic heterocycles. The summed E-state index contributed by atoms with van der Waals surface area (Å²) in [7, 11) is 0.737. The van der Waals surface area contributed by atoms with Gasteiger partial charge in [0.05, 0.1) is 3.57 Å². The molecule has 0 radical (unpaired) electrons. The van der Waals surface area contributed by atoms with Crippen molar-refractivity contribution in [1.29, 1.82) is 0 Å². The SMILES string of the molecule is Cn1c(=O)c(I)cn1COCC[Si](C)(C)C. The van der Waals surface area contributed by atoms with E-state index < -0.39 is 8.07 Å². The summed E-state index contributed by atoms with van der Waals surface area (Å²) in [5.74, 6) is 0. The van der Waals surface area contributed by atoms with Crippen molar-refractivity contribution in [3.05, 3.63) is 20.1 Å². The first-order valence-electron chi connectivity index (χ1n) is 5.31. The van der Waals surface area contributed by atoms with Gasteiger partial charge in [-0.3, -0.25) is 14.2 Å². The van der Waals surface area contributed by atoms with Gasteiger partial charge in [0.2, 0.25) is 0 Å². The van der Waals surface area contributed by atoms with E-state index >= 15 is 0 Å². The summed E-state index contributed by atoms with van der Waals surface area (Å²) < 4.78 is 9.69. The molecule has 0 amide bonds. The highest BCUT2D eigenvalue weighted by Gasteiger charge is 2.12. The Kier molecular flexibility index (Phi) is 4.81. The zero-order valence-electron chi connectivity index (χ0n) is 10.3. The lowest BCUT2D eigenvalue weighted by Crippen LogP contribution is -2.24. The van der Waals surface area contributed by atoms with Gasteiger partial charge in [0.25, 0.3) is 5.56 Å². The number of rotatable bonds is 5. The molecule has 0 saturated heterocycles. The molecule has 0 saturated carbocycles. The van der Waals surface area contributed by atoms with Crippen molar-refractivity contribution < 1.29 is 4.74 Å². The quantitative estimate of drug-likeness (QED) is 0.461. The monoisotopic (exact) mass is 354 g/mol. The molecule has 0 aliphatic rings. The van der Waals surface area contributed by atoms with Crippen LogP contribution in [0.3, 0.4) is 0 Å². The maximum atomic E-state index is 11.5. The zero-order valence-corrected chi connectivity index (χ0v) is 13.4. The molecule has 1 aromatic rings. The van der Waals surface area contributed by atoms with E-state index in [-0.39, 0.29) is 5.56 Å². The molecular formula is C10H19IN2O2Si. The lowest BCUT2D eigenvalue weighted by Gasteiger charge is -2.15. The van der Waals surface area contributed by atoms with Crippen LogP contribution in [0.1, 0.15) is 0 Å². The fourth-order valence-electron chi connectivity index (χ4n) is 1.20. The summed E-state index contributed by atoms with van der Waals surface area (Å²) >= 11 is 2.04. The third-order valence-corrected chi connectivity index (χ3v) is 4.81. The first kappa shape index (κ1) is 14.0. The standard InChI is InChI=1S/C10H19IN2O2Si/c1-12-10(14)9(11)7-13(12)8-15-5-6-16(2,3)4/h7H,5-6,8H2,1-4H3. The number of ether oxygens (including phenoxy) is 1. The Morgan fingerprint density at radius 3 is 2.50 bits per heavy atom. The van der Waals surface area contributed by atoms with Crippen LogP contribution in [0, 0.1) is 3.57 Å². The fourth-order valence-corrected chi connectivity index (χ4v) is 2.63. The van der Waals surface area contributed by atoms with Crippen LogP contribution in [0.2, 0.25) is 25.7 Å². The molecule has 0 fully saturated rings. The highest BCUT2D eigenvalue weighted by molar-refractivity contribution is 14.1. The Hall–Kier alpha value is -0.0831. The van der Waals surface area contributed by atoms with Gasteiger partial charge in [-0.25, -0.2) is 0 Å². The van der Waals surface area contributed by atoms with Crippen LogP contribution < -0.4 is 5.56 Å². The number of halogens is 1. The van der Waals surface area contributed by atoms with Gasteiger partial charge in [-0.1, -0.05) is 19.6 Å². The molecule has 0 bridgehead atoms. The highest BCUT2D eigenvalue weighted by Crippen LogP contribution is 2.07. The van der Waals surface area contributed by atoms with Crippen molar-refractivity contribution in [3.8, 4) is 0 Å². The van der Waals surface area contributed by atoms with Gasteiger partial charge in [-0.15, -0.1) is 0 Å². The molecule has 0 aliphatic carbocycles. The number of nitrogens with zero attached hydrogens (tertiary/aromatic N) is 2. The minimum atomic E-state index is -1.02. The zero-order chi connectivity index (χ0) is 12.3. The Bertz CT molecular complexity index is 406. The second kappa shape index (κ2) is 5.50. The van der Waals surface area contributed by atoms with Gasteiger partial charge in [0, 0.05) is 27.9 Å². The molecule has 0 spiro atoms. The van der Waals surface area contributed by atoms with E-state index in [9.17, 15) is 4.79 Å². The van der Waals surface area contributed by atoms with Crippen LogP contribution in [0.15, 0.2) is 11.0 Å². The van der Waals surface area contributed by atoms with E-state index in [4.69, 9.17) is 4.74 Å². The number of hydrogen-bond acceptors (Lipinski definition) is 2. The molecule has 0 N–H and O–H groups in total. The van der Waals surface area contributed by atoms with Crippen molar-refractivity contribution >= 4 is 30.7 Å². The predicted octanol–water partition coefficient (Wildman–Crippen LogP) is 2.10. The Morgan fingerprint density at radius 2 is 2.06 bits per heavy atom. The molecule has 0 atom stereocenters. The largest absolute Gasteiger partial charge is 0.360 e. The summed E-state index contributed by atoms with van der Waals surface area (Å²) in [6.45, 7) is 8.21. The average Bonchev–Trinajstić information content (AvgIpc) is 2.40. The highest BCUT2D eigenvalue weighted by atomic mass is 127. The molecule has 1 aromatic heterocycles. The lowest BCUT2D eigenvalue weighted by atomic mass is 10.7. The summed E-state index contributed by atoms with van der Waals surface area (Å²) in [5, 5.41) is 0. The Morgan fingerprint density at radius 1 is 1.44 bits per heavy atom. The third-order valence-electron chi connectivity index (χ3n) is 2.37. The Balaban J connectivity index is 2.44. The smallest absolute Gasteiger partial charge is 0.279 e. The van der Waals surface area contributed by atoms with Crippen molar-refractivity contribution in [1.82, 2.24) is 9.36 Å². The second-order valence-corrected chi connectivity index (χ2v) is 11.9. The minimum absolute atomic E-state index is 0.0365. The summed E-state index contributed by atoms with van der Waals surface area (Å²) in [6.07, 6.45) is 1.82. The summed E-state index contributed by atoms with van der Waals surface area (Å²) in [6, 6.07) is 1.15. The second-order valence-electron chi connectivity index (χ2n) is 5.09. The van der Waals surface area contributed by atoms with Crippen LogP contribution in [-0.4, -0.2) is 24.0 Å². The van der Waals surface area contributed by atoms with E-state index in [0.29, 0.717) is 6.73 Å². The Labute approximate surface area is 111 Å². The van der Waals surface area contributed by atoms with Gasteiger partial charge < -0.3 is 4.74 Å². The first-order valence-corrected chi connectivity index (χ1v) is 10.1. The van der Waals surface area contributed by atoms with E-state index in [2.05, 4.69) is 19.6 Å². The molecule has 1 rings (SSSR count). The van der Waals surface area contributed by atoms with Gasteiger partial charge in [-0.05, 0) is 28.6 Å². The maximum Gasteiger partial charge on any atom is 0.279 e. The topological polar surface area (TPSA) is 36.2 Å². The van der Waals surface area contributed by atoms with Crippen molar-refractivity contribution in [3.63, 3.8) is 0 Å². The predicted molar refractivity (Wildman–Crippen MR) is 76.5 cm³/mol. The lowest BCUT2D eigenvalue weighted by molar-refractivity contribution is 0.0702. The fraction of sp³-hybridized carbons (Fsp3) is 0.700. The van der Waals surface area contributed by atoms with Crippen LogP contribution >= 0.6 is 22.6 Å². The first-order chi connectivity index (χ1) is 7.31. The van der Waals surface area contributed by atoms with Crippen molar-refractivity contribution in [2.45, 2.75) is 32.4 Å². The normalized spacial score (nSPS) is 12.1. The van der Waals surface area contributed by atoms with Gasteiger partial charge in [0.1, 0.15) is 6.73 Å². The molecule has 0 aromatic carbocycles. The van der Waals surface area contributed by atoms with Gasteiger partial charge in [-0.2, -0.15) is 0 Å². The van der Waals surface area contributed by atoms with Crippen LogP contribution in [0.4, 0.5) is 0 Å². The molecule has 4 nitrogen and oxygen atoms in total. The van der Waals surface area contributed by atoms with Crippen molar-refractivity contribution in [2.75, 3.05) is 6.61 Å². The average molecular weight is 354 g/mol. The van der Waals surface area contributed by atoms with Gasteiger partial charge in [0.15, 0.2) is 0 Å².